The summed E-state index contributed by atoms with van der Waals surface area (Å²) >= 11 is 10.8. The number of sulfonamides is 1. The highest BCUT2D eigenvalue weighted by Gasteiger charge is 2.17. The van der Waals surface area contributed by atoms with Gasteiger partial charge in [-0.15, -0.1) is 11.6 Å². The summed E-state index contributed by atoms with van der Waals surface area (Å²) in [6, 6.07) is 0. The van der Waals surface area contributed by atoms with Crippen molar-refractivity contribution in [1.82, 2.24) is 4.72 Å². The first-order valence-electron chi connectivity index (χ1n) is 3.60. The summed E-state index contributed by atoms with van der Waals surface area (Å²) in [4.78, 5) is 0. The van der Waals surface area contributed by atoms with Gasteiger partial charge in [0.1, 0.15) is 11.0 Å². The summed E-state index contributed by atoms with van der Waals surface area (Å²) in [5.41, 5.74) is 0.230. The Bertz CT molecular complexity index is 388. The molecule has 0 saturated heterocycles. The fraction of sp³-hybridized carbons (Fsp3) is 0.286. The van der Waals surface area contributed by atoms with E-state index in [0.29, 0.717) is 0 Å². The molecule has 0 fully saturated rings. The Morgan fingerprint density at radius 2 is 2.21 bits per heavy atom. The highest BCUT2D eigenvalue weighted by atomic mass is 35.5. The summed E-state index contributed by atoms with van der Waals surface area (Å²) < 4.78 is 36.8. The zero-order valence-electron chi connectivity index (χ0n) is 6.93. The van der Waals surface area contributed by atoms with Gasteiger partial charge in [0.2, 0.25) is 10.0 Å². The van der Waals surface area contributed by atoms with E-state index in [0.717, 1.165) is 6.08 Å². The molecule has 14 heavy (non-hydrogen) atoms. The maximum absolute atomic E-state index is 12.6. The third-order valence-electron chi connectivity index (χ3n) is 1.48. The Kier molecular flexibility index (Phi) is 3.80. The first-order valence-corrected chi connectivity index (χ1v) is 6.16. The van der Waals surface area contributed by atoms with Gasteiger partial charge in [0.25, 0.3) is 0 Å². The summed E-state index contributed by atoms with van der Waals surface area (Å²) in [5.74, 6) is -0.483. The SMILES string of the molecule is O=S(=O)(CCl)NC1=C(Cl)C=C(F)[CH]C1. The van der Waals surface area contributed by atoms with Gasteiger partial charge in [0, 0.05) is 12.1 Å². The highest BCUT2D eigenvalue weighted by Crippen LogP contribution is 2.25. The lowest BCUT2D eigenvalue weighted by atomic mass is 10.1. The Morgan fingerprint density at radius 3 is 2.71 bits per heavy atom. The number of alkyl halides is 1. The van der Waals surface area contributed by atoms with E-state index in [-0.39, 0.29) is 17.2 Å². The van der Waals surface area contributed by atoms with Gasteiger partial charge in [-0.2, -0.15) is 0 Å². The van der Waals surface area contributed by atoms with E-state index in [9.17, 15) is 12.8 Å². The van der Waals surface area contributed by atoms with Crippen LogP contribution in [0.4, 0.5) is 4.39 Å². The molecule has 0 aromatic carbocycles. The van der Waals surface area contributed by atoms with Crippen molar-refractivity contribution in [2.24, 2.45) is 0 Å². The smallest absolute Gasteiger partial charge is 0.246 e. The van der Waals surface area contributed by atoms with Gasteiger partial charge in [-0.05, 0) is 12.5 Å². The topological polar surface area (TPSA) is 46.2 Å². The first-order chi connectivity index (χ1) is 6.44. The Hall–Kier alpha value is -0.260. The van der Waals surface area contributed by atoms with Crippen LogP contribution in [0.2, 0.25) is 0 Å². The zero-order chi connectivity index (χ0) is 10.8. The van der Waals surface area contributed by atoms with Crippen LogP contribution in [0.25, 0.3) is 0 Å². The molecule has 0 atom stereocenters. The van der Waals surface area contributed by atoms with Crippen molar-refractivity contribution in [1.29, 1.82) is 0 Å². The van der Waals surface area contributed by atoms with Crippen LogP contribution in [0.1, 0.15) is 6.42 Å². The van der Waals surface area contributed by atoms with Gasteiger partial charge in [0.15, 0.2) is 0 Å². The summed E-state index contributed by atoms with van der Waals surface area (Å²) in [7, 11) is -3.57. The molecule has 0 amide bonds. The molecule has 0 saturated carbocycles. The standard InChI is InChI=1S/C7H7Cl2FNO2S/c8-4-14(12,13)11-7-2-1-5(10)3-6(7)9/h1,3,11H,2,4H2. The summed E-state index contributed by atoms with van der Waals surface area (Å²) in [5, 5.41) is -0.522. The molecule has 0 aromatic rings. The van der Waals surface area contributed by atoms with Gasteiger partial charge in [-0.3, -0.25) is 4.72 Å². The Morgan fingerprint density at radius 1 is 1.57 bits per heavy atom. The number of rotatable bonds is 3. The largest absolute Gasteiger partial charge is 0.285 e. The Balaban J connectivity index is 2.85. The van der Waals surface area contributed by atoms with Gasteiger partial charge >= 0.3 is 0 Å². The molecule has 1 aliphatic rings. The lowest BCUT2D eigenvalue weighted by Crippen LogP contribution is -2.25. The molecule has 0 aromatic heterocycles. The normalized spacial score (nSPS) is 18.1. The van der Waals surface area contributed by atoms with Crippen molar-refractivity contribution in [3.8, 4) is 0 Å². The van der Waals surface area contributed by atoms with Crippen molar-refractivity contribution in [2.45, 2.75) is 6.42 Å². The highest BCUT2D eigenvalue weighted by molar-refractivity contribution is 7.90. The molecule has 0 unspecified atom stereocenters. The van der Waals surface area contributed by atoms with E-state index in [2.05, 4.69) is 4.72 Å². The van der Waals surface area contributed by atoms with Gasteiger partial charge in [-0.1, -0.05) is 11.6 Å². The molecule has 1 aliphatic carbocycles. The van der Waals surface area contributed by atoms with Crippen molar-refractivity contribution in [2.75, 3.05) is 5.21 Å². The van der Waals surface area contributed by atoms with Crippen molar-refractivity contribution >= 4 is 33.2 Å². The zero-order valence-corrected chi connectivity index (χ0v) is 9.26. The van der Waals surface area contributed by atoms with Crippen LogP contribution in [0.15, 0.2) is 22.6 Å². The number of halogens is 3. The van der Waals surface area contributed by atoms with Crippen molar-refractivity contribution in [3.63, 3.8) is 0 Å². The van der Waals surface area contributed by atoms with Crippen LogP contribution in [0.3, 0.4) is 0 Å². The quantitative estimate of drug-likeness (QED) is 0.788. The second-order valence-electron chi connectivity index (χ2n) is 2.59. The van der Waals surface area contributed by atoms with Gasteiger partial charge in [-0.25, -0.2) is 12.8 Å². The van der Waals surface area contributed by atoms with Crippen LogP contribution in [0.5, 0.6) is 0 Å². The minimum absolute atomic E-state index is 0.0405. The molecule has 0 aliphatic heterocycles. The summed E-state index contributed by atoms with van der Waals surface area (Å²) in [6.07, 6.45) is 2.37. The first kappa shape index (κ1) is 11.8. The lowest BCUT2D eigenvalue weighted by molar-refractivity contribution is 0.589. The van der Waals surface area contributed by atoms with Crippen LogP contribution in [0, 0.1) is 6.42 Å². The predicted molar refractivity (Wildman–Crippen MR) is 53.8 cm³/mol. The second kappa shape index (κ2) is 4.51. The molecule has 3 nitrogen and oxygen atoms in total. The Labute approximate surface area is 91.6 Å². The van der Waals surface area contributed by atoms with Crippen LogP contribution in [-0.2, 0) is 10.0 Å². The average molecular weight is 259 g/mol. The monoisotopic (exact) mass is 258 g/mol. The molecule has 0 spiro atoms. The third-order valence-corrected chi connectivity index (χ3v) is 3.52. The molecular formula is C7H7Cl2FNO2S. The third kappa shape index (κ3) is 3.15. The lowest BCUT2D eigenvalue weighted by Gasteiger charge is -2.14. The summed E-state index contributed by atoms with van der Waals surface area (Å²) in [6.45, 7) is 0. The van der Waals surface area contributed by atoms with E-state index >= 15 is 0 Å². The minimum Gasteiger partial charge on any atom is -0.285 e. The molecule has 1 N–H and O–H groups in total. The molecular weight excluding hydrogens is 252 g/mol. The fourth-order valence-corrected chi connectivity index (χ4v) is 1.94. The predicted octanol–water partition coefficient (Wildman–Crippen LogP) is 2.01. The van der Waals surface area contributed by atoms with E-state index < -0.39 is 21.1 Å². The average Bonchev–Trinajstić information content (AvgIpc) is 2.10. The number of hydrogen-bond donors (Lipinski definition) is 1. The van der Waals surface area contributed by atoms with Crippen LogP contribution >= 0.6 is 23.2 Å². The minimum atomic E-state index is -3.57. The number of nitrogens with one attached hydrogen (secondary N) is 1. The van der Waals surface area contributed by atoms with Crippen molar-refractivity contribution < 1.29 is 12.8 Å². The molecule has 0 heterocycles. The number of hydrogen-bond acceptors (Lipinski definition) is 2. The second-order valence-corrected chi connectivity index (χ2v) is 5.30. The van der Waals surface area contributed by atoms with Gasteiger partial charge in [0.05, 0.1) is 5.03 Å². The maximum atomic E-state index is 12.6. The molecule has 1 radical (unpaired) electrons. The van der Waals surface area contributed by atoms with Crippen LogP contribution < -0.4 is 4.72 Å². The molecule has 0 bridgehead atoms. The van der Waals surface area contributed by atoms with E-state index in [1.807, 2.05) is 0 Å². The van der Waals surface area contributed by atoms with Gasteiger partial charge < -0.3 is 0 Å². The van der Waals surface area contributed by atoms with E-state index in [1.54, 1.807) is 0 Å². The maximum Gasteiger partial charge on any atom is 0.246 e. The number of allylic oxidation sites excluding steroid dienone is 4. The van der Waals surface area contributed by atoms with E-state index in [1.165, 1.54) is 6.42 Å². The molecule has 79 valence electrons. The molecule has 1 rings (SSSR count). The van der Waals surface area contributed by atoms with Crippen LogP contribution in [-0.4, -0.2) is 13.6 Å². The van der Waals surface area contributed by atoms with E-state index in [4.69, 9.17) is 23.2 Å². The van der Waals surface area contributed by atoms with Crippen molar-refractivity contribution in [3.05, 3.63) is 29.1 Å². The molecule has 7 heteroatoms. The fourth-order valence-electron chi connectivity index (χ4n) is 0.870.